The van der Waals surface area contributed by atoms with Gasteiger partial charge in [-0.25, -0.2) is 9.59 Å². The van der Waals surface area contributed by atoms with Crippen molar-refractivity contribution in [3.8, 4) is 0 Å². The van der Waals surface area contributed by atoms with Crippen molar-refractivity contribution in [1.82, 2.24) is 10.6 Å². The largest absolute Gasteiger partial charge is 0.452 e. The first-order valence-corrected chi connectivity index (χ1v) is 6.22. The van der Waals surface area contributed by atoms with E-state index >= 15 is 0 Å². The summed E-state index contributed by atoms with van der Waals surface area (Å²) in [6.45, 7) is 3.60. The van der Waals surface area contributed by atoms with E-state index in [1.807, 2.05) is 17.4 Å². The summed E-state index contributed by atoms with van der Waals surface area (Å²) in [5, 5.41) is 4.21. The van der Waals surface area contributed by atoms with Crippen molar-refractivity contribution in [2.45, 2.75) is 19.8 Å². The molecule has 0 radical (unpaired) electrons. The Kier molecular flexibility index (Phi) is 5.71. The number of hydrogen-bond acceptors (Lipinski definition) is 4. The monoisotopic (exact) mass is 278 g/mol. The molecule has 0 aliphatic rings. The van der Waals surface area contributed by atoms with Gasteiger partial charge in [-0.3, -0.25) is 10.1 Å². The summed E-state index contributed by atoms with van der Waals surface area (Å²) < 4.78 is 4.80. The van der Waals surface area contributed by atoms with Gasteiger partial charge in [-0.05, 0) is 23.6 Å². The van der Waals surface area contributed by atoms with E-state index in [1.165, 1.54) is 7.05 Å². The van der Waals surface area contributed by atoms with Gasteiger partial charge < -0.3 is 10.1 Å². The smallest absolute Gasteiger partial charge is 0.338 e. The van der Waals surface area contributed by atoms with E-state index < -0.39 is 24.5 Å². The molecule has 20 heavy (non-hydrogen) atoms. The number of carbonyl (C=O) groups is 3. The number of carbonyl (C=O) groups excluding carboxylic acids is 3. The highest BCUT2D eigenvalue weighted by molar-refractivity contribution is 5.96. The summed E-state index contributed by atoms with van der Waals surface area (Å²) in [4.78, 5) is 33.8. The van der Waals surface area contributed by atoms with Crippen molar-refractivity contribution in [3.63, 3.8) is 0 Å². The number of rotatable bonds is 4. The quantitative estimate of drug-likeness (QED) is 0.816. The summed E-state index contributed by atoms with van der Waals surface area (Å²) in [6.07, 6.45) is 0. The van der Waals surface area contributed by atoms with Gasteiger partial charge >= 0.3 is 12.0 Å². The molecular weight excluding hydrogens is 260 g/mol. The van der Waals surface area contributed by atoms with Crippen molar-refractivity contribution in [2.75, 3.05) is 13.7 Å². The number of nitrogens with one attached hydrogen (secondary N) is 2. The van der Waals surface area contributed by atoms with Crippen molar-refractivity contribution in [3.05, 3.63) is 35.4 Å². The van der Waals surface area contributed by atoms with E-state index in [2.05, 4.69) is 19.2 Å². The van der Waals surface area contributed by atoms with Crippen LogP contribution in [-0.2, 0) is 9.53 Å². The second kappa shape index (κ2) is 7.28. The highest BCUT2D eigenvalue weighted by atomic mass is 16.5. The Bertz CT molecular complexity index is 494. The molecular formula is C14H18N2O4. The maximum Gasteiger partial charge on any atom is 0.338 e. The molecule has 0 aliphatic carbocycles. The fourth-order valence-electron chi connectivity index (χ4n) is 1.44. The summed E-state index contributed by atoms with van der Waals surface area (Å²) >= 11 is 0. The summed E-state index contributed by atoms with van der Waals surface area (Å²) in [6, 6.07) is 6.33. The molecule has 0 aromatic heterocycles. The van der Waals surface area contributed by atoms with Crippen LogP contribution in [0.3, 0.4) is 0 Å². The van der Waals surface area contributed by atoms with Crippen LogP contribution in [0.4, 0.5) is 4.79 Å². The topological polar surface area (TPSA) is 84.5 Å². The predicted molar refractivity (Wildman–Crippen MR) is 73.4 cm³/mol. The zero-order valence-corrected chi connectivity index (χ0v) is 11.7. The minimum absolute atomic E-state index is 0.363. The summed E-state index contributed by atoms with van der Waals surface area (Å²) in [7, 11) is 1.38. The Balaban J connectivity index is 2.50. The molecule has 0 saturated heterocycles. The van der Waals surface area contributed by atoms with Crippen LogP contribution in [0.1, 0.15) is 35.7 Å². The molecule has 6 nitrogen and oxygen atoms in total. The van der Waals surface area contributed by atoms with Crippen LogP contribution in [0.5, 0.6) is 0 Å². The van der Waals surface area contributed by atoms with E-state index in [4.69, 9.17) is 4.74 Å². The van der Waals surface area contributed by atoms with Gasteiger partial charge in [0.2, 0.25) is 0 Å². The fraction of sp³-hybridized carbons (Fsp3) is 0.357. The van der Waals surface area contributed by atoms with Gasteiger partial charge in [0.1, 0.15) is 0 Å². The lowest BCUT2D eigenvalue weighted by Crippen LogP contribution is -2.39. The molecule has 1 rings (SSSR count). The third-order valence-corrected chi connectivity index (χ3v) is 2.63. The van der Waals surface area contributed by atoms with E-state index in [0.29, 0.717) is 11.5 Å². The van der Waals surface area contributed by atoms with Crippen LogP contribution >= 0.6 is 0 Å². The molecule has 0 heterocycles. The molecule has 0 bridgehead atoms. The highest BCUT2D eigenvalue weighted by Crippen LogP contribution is 2.15. The van der Waals surface area contributed by atoms with Crippen LogP contribution in [0.25, 0.3) is 0 Å². The average molecular weight is 278 g/mol. The van der Waals surface area contributed by atoms with Gasteiger partial charge in [-0.2, -0.15) is 0 Å². The fourth-order valence-corrected chi connectivity index (χ4v) is 1.44. The molecule has 1 aromatic rings. The van der Waals surface area contributed by atoms with Crippen molar-refractivity contribution in [1.29, 1.82) is 0 Å². The van der Waals surface area contributed by atoms with Crippen LogP contribution in [-0.4, -0.2) is 31.6 Å². The molecule has 1 aromatic carbocycles. The molecule has 0 unspecified atom stereocenters. The zero-order chi connectivity index (χ0) is 15.1. The zero-order valence-electron chi connectivity index (χ0n) is 11.7. The second-order valence-corrected chi connectivity index (χ2v) is 4.48. The maximum absolute atomic E-state index is 11.7. The van der Waals surface area contributed by atoms with Gasteiger partial charge in [0.25, 0.3) is 5.91 Å². The van der Waals surface area contributed by atoms with Crippen molar-refractivity contribution in [2.24, 2.45) is 0 Å². The van der Waals surface area contributed by atoms with E-state index in [-0.39, 0.29) is 0 Å². The Morgan fingerprint density at radius 1 is 1.15 bits per heavy atom. The number of benzene rings is 1. The first-order chi connectivity index (χ1) is 9.43. The molecule has 0 spiro atoms. The lowest BCUT2D eigenvalue weighted by molar-refractivity contribution is -0.123. The van der Waals surface area contributed by atoms with Gasteiger partial charge in [0.05, 0.1) is 5.56 Å². The minimum atomic E-state index is -0.684. The summed E-state index contributed by atoms with van der Waals surface area (Å²) in [5.41, 5.74) is 1.47. The lowest BCUT2D eigenvalue weighted by Gasteiger charge is -2.07. The third kappa shape index (κ3) is 4.72. The number of amides is 3. The van der Waals surface area contributed by atoms with Gasteiger partial charge in [-0.1, -0.05) is 26.0 Å². The highest BCUT2D eigenvalue weighted by Gasteiger charge is 2.12. The Morgan fingerprint density at radius 2 is 1.75 bits per heavy atom. The molecule has 0 saturated carbocycles. The Morgan fingerprint density at radius 3 is 2.25 bits per heavy atom. The van der Waals surface area contributed by atoms with Gasteiger partial charge in [0, 0.05) is 7.05 Å². The summed E-state index contributed by atoms with van der Waals surface area (Å²) in [5.74, 6) is -0.915. The van der Waals surface area contributed by atoms with Crippen molar-refractivity contribution < 1.29 is 19.1 Å². The van der Waals surface area contributed by atoms with Gasteiger partial charge in [-0.15, -0.1) is 0 Å². The predicted octanol–water partition coefficient (Wildman–Crippen LogP) is 1.42. The Labute approximate surface area is 117 Å². The maximum atomic E-state index is 11.7. The minimum Gasteiger partial charge on any atom is -0.452 e. The number of esters is 1. The number of urea groups is 1. The van der Waals surface area contributed by atoms with Crippen LogP contribution < -0.4 is 10.6 Å². The van der Waals surface area contributed by atoms with Crippen LogP contribution in [0.15, 0.2) is 24.3 Å². The van der Waals surface area contributed by atoms with Gasteiger partial charge in [0.15, 0.2) is 6.61 Å². The normalized spacial score (nSPS) is 10.0. The van der Waals surface area contributed by atoms with Crippen molar-refractivity contribution >= 4 is 17.9 Å². The lowest BCUT2D eigenvalue weighted by atomic mass is 10.0. The second-order valence-electron chi connectivity index (χ2n) is 4.48. The standard InChI is InChI=1S/C14H18N2O4/c1-9(2)10-4-6-11(7-5-10)13(18)20-8-12(17)16-14(19)15-3/h4-7,9H,8H2,1-3H3,(H2,15,16,17,19). The molecule has 2 N–H and O–H groups in total. The molecule has 0 fully saturated rings. The number of ether oxygens (including phenoxy) is 1. The molecule has 0 aliphatic heterocycles. The third-order valence-electron chi connectivity index (χ3n) is 2.63. The SMILES string of the molecule is CNC(=O)NC(=O)COC(=O)c1ccc(C(C)C)cc1. The van der Waals surface area contributed by atoms with E-state index in [0.717, 1.165) is 5.56 Å². The molecule has 3 amide bonds. The molecule has 0 atom stereocenters. The first-order valence-electron chi connectivity index (χ1n) is 6.22. The van der Waals surface area contributed by atoms with Crippen LogP contribution in [0.2, 0.25) is 0 Å². The average Bonchev–Trinajstić information content (AvgIpc) is 2.44. The van der Waals surface area contributed by atoms with E-state index in [1.54, 1.807) is 12.1 Å². The first kappa shape index (κ1) is 15.7. The number of hydrogen-bond donors (Lipinski definition) is 2. The van der Waals surface area contributed by atoms with E-state index in [9.17, 15) is 14.4 Å². The Hall–Kier alpha value is -2.37. The molecule has 108 valence electrons. The molecule has 6 heteroatoms. The van der Waals surface area contributed by atoms with Crippen LogP contribution in [0, 0.1) is 0 Å². The number of imide groups is 1.